The van der Waals surface area contributed by atoms with Gasteiger partial charge in [0.25, 0.3) is 11.8 Å². The fourth-order valence-corrected chi connectivity index (χ4v) is 4.29. The molecule has 1 saturated heterocycles. The van der Waals surface area contributed by atoms with Crippen LogP contribution in [0.2, 0.25) is 0 Å². The van der Waals surface area contributed by atoms with Crippen LogP contribution >= 0.6 is 0 Å². The average Bonchev–Trinajstić information content (AvgIpc) is 3.35. The Balaban J connectivity index is 1.55. The molecule has 0 N–H and O–H groups in total. The van der Waals surface area contributed by atoms with Crippen LogP contribution < -0.4 is 9.47 Å². The van der Waals surface area contributed by atoms with Gasteiger partial charge in [0.1, 0.15) is 23.8 Å². The normalized spacial score (nSPS) is 16.5. The zero-order chi connectivity index (χ0) is 22.0. The number of amides is 2. The second-order valence-electron chi connectivity index (χ2n) is 8.08. The highest BCUT2D eigenvalue weighted by Gasteiger charge is 2.41. The Kier molecular flexibility index (Phi) is 5.98. The molecule has 2 aliphatic heterocycles. The van der Waals surface area contributed by atoms with Crippen molar-refractivity contribution in [3.8, 4) is 11.5 Å². The zero-order valence-corrected chi connectivity index (χ0v) is 18.3. The van der Waals surface area contributed by atoms with E-state index in [4.69, 9.17) is 9.47 Å². The van der Waals surface area contributed by atoms with E-state index < -0.39 is 0 Å². The van der Waals surface area contributed by atoms with Crippen LogP contribution in [0, 0.1) is 13.8 Å². The molecule has 6 nitrogen and oxygen atoms in total. The third kappa shape index (κ3) is 4.29. The van der Waals surface area contributed by atoms with Crippen LogP contribution in [0.4, 0.5) is 0 Å². The number of benzene rings is 2. The predicted molar refractivity (Wildman–Crippen MR) is 119 cm³/mol. The highest BCUT2D eigenvalue weighted by molar-refractivity contribution is 6.35. The Hall–Kier alpha value is -3.28. The third-order valence-corrected chi connectivity index (χ3v) is 5.72. The second-order valence-corrected chi connectivity index (χ2v) is 8.08. The maximum absolute atomic E-state index is 13.3. The Morgan fingerprint density at radius 3 is 2.13 bits per heavy atom. The minimum absolute atomic E-state index is 0.210. The summed E-state index contributed by atoms with van der Waals surface area (Å²) < 4.78 is 11.1. The van der Waals surface area contributed by atoms with E-state index in [1.54, 1.807) is 7.11 Å². The molecule has 2 aromatic rings. The summed E-state index contributed by atoms with van der Waals surface area (Å²) in [5.74, 6) is 0.963. The van der Waals surface area contributed by atoms with E-state index in [0.717, 1.165) is 48.4 Å². The molecule has 31 heavy (non-hydrogen) atoms. The second kappa shape index (κ2) is 8.84. The van der Waals surface area contributed by atoms with Crippen LogP contribution in [0.25, 0.3) is 5.57 Å². The van der Waals surface area contributed by atoms with Crippen LogP contribution in [0.1, 0.15) is 29.5 Å². The van der Waals surface area contributed by atoms with Gasteiger partial charge in [-0.15, -0.1) is 0 Å². The number of hydrogen-bond acceptors (Lipinski definition) is 5. The maximum atomic E-state index is 13.3. The molecule has 162 valence electrons. The van der Waals surface area contributed by atoms with Crippen molar-refractivity contribution >= 4 is 17.4 Å². The molecule has 0 spiro atoms. The molecule has 2 heterocycles. The number of likely N-dealkylation sites (tertiary alicyclic amines) is 1. The van der Waals surface area contributed by atoms with Crippen molar-refractivity contribution in [1.82, 2.24) is 9.80 Å². The van der Waals surface area contributed by atoms with Crippen molar-refractivity contribution < 1.29 is 19.1 Å². The van der Waals surface area contributed by atoms with Crippen LogP contribution in [-0.4, -0.2) is 55.0 Å². The van der Waals surface area contributed by atoms with Gasteiger partial charge in [0.15, 0.2) is 0 Å². The molecule has 0 radical (unpaired) electrons. The van der Waals surface area contributed by atoms with Crippen molar-refractivity contribution in [2.24, 2.45) is 0 Å². The van der Waals surface area contributed by atoms with Gasteiger partial charge in [-0.05, 0) is 67.6 Å². The van der Waals surface area contributed by atoms with Gasteiger partial charge in [-0.1, -0.05) is 18.2 Å². The molecule has 0 bridgehead atoms. The number of nitrogens with zero attached hydrogens (tertiary/aromatic N) is 2. The van der Waals surface area contributed by atoms with Crippen molar-refractivity contribution in [2.75, 3.05) is 33.4 Å². The Labute approximate surface area is 183 Å². The molecule has 0 aliphatic carbocycles. The van der Waals surface area contributed by atoms with Gasteiger partial charge in [-0.2, -0.15) is 0 Å². The van der Waals surface area contributed by atoms with E-state index in [-0.39, 0.29) is 25.0 Å². The number of carbonyl (C=O) groups is 2. The number of hydrogen-bond donors (Lipinski definition) is 0. The van der Waals surface area contributed by atoms with E-state index in [1.165, 1.54) is 4.90 Å². The lowest BCUT2D eigenvalue weighted by Crippen LogP contribution is -2.37. The van der Waals surface area contributed by atoms with E-state index in [0.29, 0.717) is 17.0 Å². The molecule has 4 rings (SSSR count). The summed E-state index contributed by atoms with van der Waals surface area (Å²) in [7, 11) is 1.60. The summed E-state index contributed by atoms with van der Waals surface area (Å²) in [6.07, 6.45) is 2.05. The van der Waals surface area contributed by atoms with Gasteiger partial charge < -0.3 is 14.4 Å². The molecular weight excluding hydrogens is 392 g/mol. The molecule has 0 atom stereocenters. The molecule has 0 saturated carbocycles. The fraction of sp³-hybridized carbons (Fsp3) is 0.360. The Bertz CT molecular complexity index is 1000. The lowest BCUT2D eigenvalue weighted by molar-refractivity contribution is -0.137. The molecular formula is C25H28N2O4. The first kappa shape index (κ1) is 21.0. The quantitative estimate of drug-likeness (QED) is 0.641. The molecule has 2 aromatic carbocycles. The van der Waals surface area contributed by atoms with Crippen molar-refractivity contribution in [3.63, 3.8) is 0 Å². The smallest absolute Gasteiger partial charge is 0.277 e. The molecule has 6 heteroatoms. The largest absolute Gasteiger partial charge is 0.497 e. The van der Waals surface area contributed by atoms with Gasteiger partial charge in [-0.3, -0.25) is 14.5 Å². The van der Waals surface area contributed by atoms with Gasteiger partial charge in [0.05, 0.1) is 19.2 Å². The summed E-state index contributed by atoms with van der Waals surface area (Å²) in [4.78, 5) is 30.0. The minimum Gasteiger partial charge on any atom is -0.497 e. The number of rotatable bonds is 7. The maximum Gasteiger partial charge on any atom is 0.277 e. The van der Waals surface area contributed by atoms with Gasteiger partial charge in [0.2, 0.25) is 0 Å². The van der Waals surface area contributed by atoms with Crippen LogP contribution in [0.15, 0.2) is 48.2 Å². The van der Waals surface area contributed by atoms with Crippen LogP contribution in [0.5, 0.6) is 11.5 Å². The SMILES string of the molecule is COc1ccc(C2=C(N3CCCC3)C(=O)N(CCOc3cc(C)cc(C)c3)C2=O)cc1. The van der Waals surface area contributed by atoms with Crippen LogP contribution in [0.3, 0.4) is 0 Å². The number of ether oxygens (including phenoxy) is 2. The highest BCUT2D eigenvalue weighted by atomic mass is 16.5. The summed E-state index contributed by atoms with van der Waals surface area (Å²) in [5.41, 5.74) is 3.95. The summed E-state index contributed by atoms with van der Waals surface area (Å²) >= 11 is 0. The average molecular weight is 421 g/mol. The summed E-state index contributed by atoms with van der Waals surface area (Å²) in [5, 5.41) is 0. The summed E-state index contributed by atoms with van der Waals surface area (Å²) in [6.45, 7) is 6.08. The van der Waals surface area contributed by atoms with Crippen molar-refractivity contribution in [3.05, 3.63) is 64.9 Å². The van der Waals surface area contributed by atoms with Crippen LogP contribution in [-0.2, 0) is 9.59 Å². The van der Waals surface area contributed by atoms with Gasteiger partial charge >= 0.3 is 0 Å². The first-order valence-corrected chi connectivity index (χ1v) is 10.7. The molecule has 2 amide bonds. The van der Waals surface area contributed by atoms with E-state index >= 15 is 0 Å². The van der Waals surface area contributed by atoms with E-state index in [9.17, 15) is 9.59 Å². The first-order chi connectivity index (χ1) is 15.0. The number of imide groups is 1. The number of carbonyl (C=O) groups excluding carboxylic acids is 2. The monoisotopic (exact) mass is 420 g/mol. The third-order valence-electron chi connectivity index (χ3n) is 5.72. The topological polar surface area (TPSA) is 59.1 Å². The lowest BCUT2D eigenvalue weighted by Gasteiger charge is -2.20. The molecule has 1 fully saturated rings. The molecule has 0 unspecified atom stereocenters. The number of methoxy groups -OCH3 is 1. The Morgan fingerprint density at radius 1 is 0.871 bits per heavy atom. The number of aryl methyl sites for hydroxylation is 2. The minimum atomic E-state index is -0.263. The van der Waals surface area contributed by atoms with Crippen molar-refractivity contribution in [2.45, 2.75) is 26.7 Å². The first-order valence-electron chi connectivity index (χ1n) is 10.7. The van der Waals surface area contributed by atoms with Crippen molar-refractivity contribution in [1.29, 1.82) is 0 Å². The highest BCUT2D eigenvalue weighted by Crippen LogP contribution is 2.34. The Morgan fingerprint density at radius 2 is 1.52 bits per heavy atom. The fourth-order valence-electron chi connectivity index (χ4n) is 4.29. The zero-order valence-electron chi connectivity index (χ0n) is 18.3. The summed E-state index contributed by atoms with van der Waals surface area (Å²) in [6, 6.07) is 13.3. The molecule has 0 aromatic heterocycles. The lowest BCUT2D eigenvalue weighted by atomic mass is 10.0. The van der Waals surface area contributed by atoms with Gasteiger partial charge in [0, 0.05) is 13.1 Å². The van der Waals surface area contributed by atoms with E-state index in [2.05, 4.69) is 6.07 Å². The standard InChI is InChI=1S/C25H28N2O4/c1-17-14-18(2)16-21(15-17)31-13-12-27-24(28)22(19-6-8-20(30-3)9-7-19)23(25(27)29)26-10-4-5-11-26/h6-9,14-16H,4-5,10-13H2,1-3H3. The van der Waals surface area contributed by atoms with Gasteiger partial charge in [-0.25, -0.2) is 0 Å². The molecule has 2 aliphatic rings. The van der Waals surface area contributed by atoms with E-state index in [1.807, 2.05) is 55.1 Å². The predicted octanol–water partition coefficient (Wildman–Crippen LogP) is 3.57.